The minimum absolute atomic E-state index is 0.645. The molecule has 0 unspecified atom stereocenters. The fourth-order valence-electron chi connectivity index (χ4n) is 2.69. The van der Waals surface area contributed by atoms with Gasteiger partial charge in [0.15, 0.2) is 0 Å². The van der Waals surface area contributed by atoms with Crippen molar-refractivity contribution < 1.29 is 96.9 Å². The average molecular weight is 645 g/mol. The van der Waals surface area contributed by atoms with E-state index in [1.54, 1.807) is 0 Å². The van der Waals surface area contributed by atoms with Crippen LogP contribution in [0.25, 0.3) is 0 Å². The Morgan fingerprint density at radius 3 is 1.15 bits per heavy atom. The van der Waals surface area contributed by atoms with Crippen molar-refractivity contribution in [1.29, 1.82) is 0 Å². The van der Waals surface area contributed by atoms with E-state index in [9.17, 15) is 92.6 Å². The zero-order valence-electron chi connectivity index (χ0n) is 17.6. The van der Waals surface area contributed by atoms with Crippen LogP contribution in [0.15, 0.2) is 24.3 Å². The third-order valence-electron chi connectivity index (χ3n) is 4.94. The van der Waals surface area contributed by atoms with Gasteiger partial charge in [0, 0.05) is 0 Å². The number of halogens is 17. The van der Waals surface area contributed by atoms with Crippen LogP contribution in [-0.2, 0) is 14.4 Å². The van der Waals surface area contributed by atoms with Gasteiger partial charge >= 0.3 is 57.1 Å². The van der Waals surface area contributed by atoms with Gasteiger partial charge in [-0.1, -0.05) is 12.1 Å². The predicted octanol–water partition coefficient (Wildman–Crippen LogP) is 5.51. The van der Waals surface area contributed by atoms with Crippen molar-refractivity contribution in [3.63, 3.8) is 0 Å². The second-order valence-corrected chi connectivity index (χ2v) is 9.01. The smallest absolute Gasteiger partial charge is 0.266 e. The van der Waals surface area contributed by atoms with Crippen LogP contribution >= 0.6 is 0 Å². The third kappa shape index (κ3) is 3.99. The number of carbonyl (C=O) groups is 2. The monoisotopic (exact) mass is 645 g/mol. The molecular formula is C16H4F17NO5S. The Balaban J connectivity index is 2.60. The van der Waals surface area contributed by atoms with Gasteiger partial charge in [0.1, 0.15) is 0 Å². The number of hydroxylamine groups is 2. The summed E-state index contributed by atoms with van der Waals surface area (Å²) in [6, 6.07) is 3.13. The lowest BCUT2D eigenvalue weighted by Gasteiger charge is -2.42. The average Bonchev–Trinajstić information content (AvgIpc) is 3.02. The molecule has 0 aliphatic carbocycles. The van der Waals surface area contributed by atoms with Crippen LogP contribution in [0.2, 0.25) is 0 Å². The number of amides is 2. The number of nitrogens with zero attached hydrogens (tertiary/aromatic N) is 1. The van der Waals surface area contributed by atoms with Gasteiger partial charge < -0.3 is 0 Å². The molecule has 0 saturated carbocycles. The lowest BCUT2D eigenvalue weighted by Crippen LogP contribution is -2.75. The van der Waals surface area contributed by atoms with E-state index < -0.39 is 85.1 Å². The minimum Gasteiger partial charge on any atom is -0.266 e. The Morgan fingerprint density at radius 2 is 0.825 bits per heavy atom. The summed E-state index contributed by atoms with van der Waals surface area (Å²) >= 11 is 0. The molecule has 6 nitrogen and oxygen atoms in total. The Hall–Kier alpha value is -2.92. The molecule has 0 atom stereocenters. The first-order valence-corrected chi connectivity index (χ1v) is 10.4. The first-order valence-electron chi connectivity index (χ1n) is 9.03. The molecule has 1 aromatic carbocycles. The van der Waals surface area contributed by atoms with Crippen LogP contribution in [0.5, 0.6) is 0 Å². The van der Waals surface area contributed by atoms with Crippen LogP contribution in [0.4, 0.5) is 74.6 Å². The maximum atomic E-state index is 14.1. The second-order valence-electron chi connectivity index (χ2n) is 7.44. The van der Waals surface area contributed by atoms with Gasteiger partial charge in [-0.3, -0.25) is 9.59 Å². The molecule has 0 N–H and O–H groups in total. The normalized spacial score (nSPS) is 17.0. The molecule has 1 aliphatic rings. The molecule has 0 aromatic heterocycles. The van der Waals surface area contributed by atoms with Crippen molar-refractivity contribution in [1.82, 2.24) is 5.06 Å². The highest BCUT2D eigenvalue weighted by molar-refractivity contribution is 7.87. The van der Waals surface area contributed by atoms with Crippen LogP contribution in [0.3, 0.4) is 0 Å². The molecule has 1 aromatic rings. The van der Waals surface area contributed by atoms with Crippen LogP contribution in [-0.4, -0.2) is 72.3 Å². The number of alkyl halides is 17. The summed E-state index contributed by atoms with van der Waals surface area (Å²) in [5, 5.41) is -9.38. The number of benzene rings is 1. The van der Waals surface area contributed by atoms with Crippen LogP contribution in [0.1, 0.15) is 20.7 Å². The molecule has 228 valence electrons. The highest BCUT2D eigenvalue weighted by Gasteiger charge is 2.96. The molecule has 0 bridgehead atoms. The summed E-state index contributed by atoms with van der Waals surface area (Å²) < 4.78 is 252. The Kier molecular flexibility index (Phi) is 7.31. The quantitative estimate of drug-likeness (QED) is 0.262. The largest absolute Gasteiger partial charge is 0.460 e. The molecule has 0 saturated heterocycles. The molecule has 40 heavy (non-hydrogen) atoms. The molecule has 0 fully saturated rings. The first kappa shape index (κ1) is 33.3. The maximum absolute atomic E-state index is 14.1. The molecule has 0 radical (unpaired) electrons. The minimum atomic E-state index is -9.03. The molecule has 24 heteroatoms. The zero-order valence-corrected chi connectivity index (χ0v) is 18.4. The van der Waals surface area contributed by atoms with Gasteiger partial charge in [-0.2, -0.15) is 83.1 Å². The fourth-order valence-corrected chi connectivity index (χ4v) is 3.55. The van der Waals surface area contributed by atoms with Gasteiger partial charge in [0.05, 0.1) is 11.1 Å². The van der Waals surface area contributed by atoms with E-state index in [2.05, 4.69) is 4.28 Å². The van der Waals surface area contributed by atoms with Crippen LogP contribution in [0, 0.1) is 0 Å². The van der Waals surface area contributed by atoms with E-state index in [0.717, 1.165) is 12.1 Å². The van der Waals surface area contributed by atoms with Crippen LogP contribution < -0.4 is 0 Å². The number of rotatable bonds is 9. The van der Waals surface area contributed by atoms with Gasteiger partial charge in [-0.15, -0.1) is 9.35 Å². The van der Waals surface area contributed by atoms with Gasteiger partial charge in [0.2, 0.25) is 0 Å². The van der Waals surface area contributed by atoms with E-state index in [1.165, 1.54) is 0 Å². The van der Waals surface area contributed by atoms with Crippen molar-refractivity contribution in [2.45, 2.75) is 47.0 Å². The molecule has 0 spiro atoms. The number of hydrogen-bond donors (Lipinski definition) is 0. The van der Waals surface area contributed by atoms with E-state index in [0.29, 0.717) is 12.1 Å². The highest BCUT2D eigenvalue weighted by atomic mass is 32.2. The van der Waals surface area contributed by atoms with E-state index in [1.807, 2.05) is 0 Å². The Bertz CT molecular complexity index is 1290. The highest BCUT2D eigenvalue weighted by Crippen LogP contribution is 2.64. The van der Waals surface area contributed by atoms with E-state index in [4.69, 9.17) is 0 Å². The van der Waals surface area contributed by atoms with Gasteiger partial charge in [-0.25, -0.2) is 0 Å². The molecule has 1 heterocycles. The van der Waals surface area contributed by atoms with E-state index >= 15 is 0 Å². The molecule has 2 rings (SSSR count). The van der Waals surface area contributed by atoms with Crippen molar-refractivity contribution >= 4 is 21.9 Å². The zero-order chi connectivity index (χ0) is 31.9. The number of hydrogen-bond acceptors (Lipinski definition) is 5. The van der Waals surface area contributed by atoms with E-state index in [-0.39, 0.29) is 0 Å². The first-order chi connectivity index (χ1) is 17.4. The molecular weight excluding hydrogens is 641 g/mol. The van der Waals surface area contributed by atoms with Gasteiger partial charge in [0.25, 0.3) is 11.8 Å². The Morgan fingerprint density at radius 1 is 0.525 bits per heavy atom. The molecule has 1 aliphatic heterocycles. The summed E-state index contributed by atoms with van der Waals surface area (Å²) in [5.74, 6) is -57.0. The van der Waals surface area contributed by atoms with Crippen molar-refractivity contribution in [2.24, 2.45) is 0 Å². The maximum Gasteiger partial charge on any atom is 0.460 e. The van der Waals surface area contributed by atoms with Crippen molar-refractivity contribution in [2.75, 3.05) is 0 Å². The summed E-state index contributed by atoms with van der Waals surface area (Å²) in [6.07, 6.45) is -7.96. The lowest BCUT2D eigenvalue weighted by atomic mass is 9.91. The summed E-state index contributed by atoms with van der Waals surface area (Å²) in [4.78, 5) is 23.8. The van der Waals surface area contributed by atoms with Gasteiger partial charge in [-0.05, 0) is 12.1 Å². The summed E-state index contributed by atoms with van der Waals surface area (Å²) in [7, 11) is -8.13. The van der Waals surface area contributed by atoms with Crippen molar-refractivity contribution in [3.8, 4) is 0 Å². The second kappa shape index (κ2) is 8.79. The predicted molar refractivity (Wildman–Crippen MR) is 87.6 cm³/mol. The summed E-state index contributed by atoms with van der Waals surface area (Å²) in [5.41, 5.74) is -1.83. The topological polar surface area (TPSA) is 80.8 Å². The Labute approximate surface area is 207 Å². The van der Waals surface area contributed by atoms with Crippen molar-refractivity contribution in [3.05, 3.63) is 35.4 Å². The fraction of sp³-hybridized carbons (Fsp3) is 0.500. The number of carbonyl (C=O) groups excluding carboxylic acids is 2. The SMILES string of the molecule is O=C1c2ccccc2C(=O)N1OS(=O)(=O)C(F)(F)C(F)(F)C(F)(F)C(F)(F)C(F)(F)C(F)(F)C(F)(F)C(F)(F)F. The standard InChI is InChI=1S/C16H4F17NO5S/c17-9(18,11(21,22)13(25,26)15(29,30)31)10(19,20)12(23,24)14(27,28)16(32,33)40(37,38)39-34-7(35)5-3-1-2-4-6(5)8(34)36/h1-4H. The number of imide groups is 1. The number of fused-ring (bicyclic) bond motifs is 1. The summed E-state index contributed by atoms with van der Waals surface area (Å²) in [6.45, 7) is 0. The molecule has 2 amide bonds. The third-order valence-corrected chi connectivity index (χ3v) is 6.17. The lowest BCUT2D eigenvalue weighted by molar-refractivity contribution is -0.458.